The highest BCUT2D eigenvalue weighted by molar-refractivity contribution is 8.05. The monoisotopic (exact) mass is 521 g/mol. The molecule has 0 spiro atoms. The minimum absolute atomic E-state index is 0.119. The second-order valence-corrected chi connectivity index (χ2v) is 10.1. The molecule has 4 rings (SSSR count). The summed E-state index contributed by atoms with van der Waals surface area (Å²) >= 11 is 13.4. The predicted molar refractivity (Wildman–Crippen MR) is 143 cm³/mol. The van der Waals surface area contributed by atoms with Gasteiger partial charge in [0.05, 0.1) is 15.3 Å². The number of amides is 2. The van der Waals surface area contributed by atoms with E-state index in [1.165, 1.54) is 16.7 Å². The minimum atomic E-state index is -0.559. The average Bonchev–Trinajstić information content (AvgIpc) is 3.15. The molecule has 1 fully saturated rings. The maximum Gasteiger partial charge on any atom is 0.269 e. The topological polar surface area (TPSA) is 73.2 Å². The van der Waals surface area contributed by atoms with Crippen LogP contribution < -0.4 is 10.2 Å². The summed E-state index contributed by atoms with van der Waals surface area (Å²) in [6, 6.07) is 22.0. The zero-order chi connectivity index (χ0) is 25.1. The van der Waals surface area contributed by atoms with Crippen molar-refractivity contribution in [3.63, 3.8) is 0 Å². The Bertz CT molecular complexity index is 1360. The number of halogens is 2. The molecule has 8 heteroatoms. The lowest BCUT2D eigenvalue weighted by molar-refractivity contribution is -0.117. The normalized spacial score (nSPS) is 16.7. The third kappa shape index (κ3) is 5.23. The summed E-state index contributed by atoms with van der Waals surface area (Å²) in [5.74, 6) is -0.772. The molecular weight excluding hydrogens is 501 g/mol. The zero-order valence-electron chi connectivity index (χ0n) is 19.0. The van der Waals surface area contributed by atoms with Gasteiger partial charge in [-0.1, -0.05) is 77.4 Å². The molecule has 2 amide bonds. The molecule has 1 aliphatic heterocycles. The number of nitrogens with one attached hydrogen (secondary N) is 1. The van der Waals surface area contributed by atoms with Crippen LogP contribution in [0.4, 0.5) is 11.4 Å². The highest BCUT2D eigenvalue weighted by atomic mass is 35.5. The Balaban J connectivity index is 1.74. The highest BCUT2D eigenvalue weighted by Crippen LogP contribution is 2.42. The van der Waals surface area contributed by atoms with E-state index in [9.17, 15) is 14.9 Å². The molecule has 0 saturated carbocycles. The SMILES string of the molecule is Cc1cccc(C)c1NC(=O)/C(C#N)=C1/S[C@H](Cc2ccc(Cl)c(Cl)c2)C(=O)N1c1ccccc1. The van der Waals surface area contributed by atoms with Gasteiger partial charge in [0.15, 0.2) is 0 Å². The van der Waals surface area contributed by atoms with Crippen LogP contribution in [0, 0.1) is 25.2 Å². The second kappa shape index (κ2) is 10.6. The molecule has 1 N–H and O–H groups in total. The number of para-hydroxylation sites is 2. The lowest BCUT2D eigenvalue weighted by Gasteiger charge is -2.19. The largest absolute Gasteiger partial charge is 0.321 e. The van der Waals surface area contributed by atoms with Gasteiger partial charge in [-0.05, 0) is 61.2 Å². The number of benzene rings is 3. The van der Waals surface area contributed by atoms with Crippen molar-refractivity contribution in [3.05, 3.63) is 104 Å². The Morgan fingerprint density at radius 1 is 1.03 bits per heavy atom. The van der Waals surface area contributed by atoms with E-state index in [1.807, 2.05) is 50.2 Å². The van der Waals surface area contributed by atoms with Crippen LogP contribution in [0.25, 0.3) is 0 Å². The van der Waals surface area contributed by atoms with E-state index in [0.717, 1.165) is 16.7 Å². The molecule has 0 aromatic heterocycles. The number of hydrogen-bond acceptors (Lipinski definition) is 4. The van der Waals surface area contributed by atoms with E-state index in [-0.39, 0.29) is 11.5 Å². The standard InChI is InChI=1S/C27H21Cl2N3O2S/c1-16-7-6-8-17(2)24(16)31-25(33)20(15-30)27-32(19-9-4-3-5-10-19)26(34)23(35-27)14-18-11-12-21(28)22(29)13-18/h3-13,23H,14H2,1-2H3,(H,31,33)/b27-20+/t23-/m1/s1. The van der Waals surface area contributed by atoms with E-state index in [0.29, 0.717) is 32.9 Å². The number of aryl methyl sites for hydroxylation is 2. The maximum atomic E-state index is 13.6. The van der Waals surface area contributed by atoms with Crippen molar-refractivity contribution in [3.8, 4) is 6.07 Å². The molecule has 5 nitrogen and oxygen atoms in total. The molecule has 1 aliphatic rings. The molecular formula is C27H21Cl2N3O2S. The summed E-state index contributed by atoms with van der Waals surface area (Å²) in [6.07, 6.45) is 0.366. The smallest absolute Gasteiger partial charge is 0.269 e. The summed E-state index contributed by atoms with van der Waals surface area (Å²) in [5.41, 5.74) is 3.72. The molecule has 176 valence electrons. The van der Waals surface area contributed by atoms with Crippen molar-refractivity contribution in [1.82, 2.24) is 0 Å². The van der Waals surface area contributed by atoms with Crippen LogP contribution in [-0.4, -0.2) is 17.1 Å². The Morgan fingerprint density at radius 3 is 2.34 bits per heavy atom. The van der Waals surface area contributed by atoms with Crippen molar-refractivity contribution in [2.45, 2.75) is 25.5 Å². The van der Waals surface area contributed by atoms with Crippen LogP contribution in [0.5, 0.6) is 0 Å². The van der Waals surface area contributed by atoms with Gasteiger partial charge < -0.3 is 5.32 Å². The minimum Gasteiger partial charge on any atom is -0.321 e. The second-order valence-electron chi connectivity index (χ2n) is 8.08. The first-order chi connectivity index (χ1) is 16.8. The van der Waals surface area contributed by atoms with Crippen molar-refractivity contribution in [1.29, 1.82) is 5.26 Å². The summed E-state index contributed by atoms with van der Waals surface area (Å²) in [7, 11) is 0. The van der Waals surface area contributed by atoms with Crippen molar-refractivity contribution >= 4 is 58.2 Å². The molecule has 0 radical (unpaired) electrons. The molecule has 1 saturated heterocycles. The first-order valence-corrected chi connectivity index (χ1v) is 12.4. The van der Waals surface area contributed by atoms with E-state index in [4.69, 9.17) is 23.2 Å². The summed E-state index contributed by atoms with van der Waals surface area (Å²) in [6.45, 7) is 3.78. The van der Waals surface area contributed by atoms with Gasteiger partial charge in [-0.25, -0.2) is 0 Å². The van der Waals surface area contributed by atoms with E-state index in [2.05, 4.69) is 5.32 Å². The van der Waals surface area contributed by atoms with Crippen LogP contribution in [0.1, 0.15) is 16.7 Å². The number of hydrogen-bond donors (Lipinski definition) is 1. The number of rotatable bonds is 5. The Morgan fingerprint density at radius 2 is 1.71 bits per heavy atom. The number of carbonyl (C=O) groups is 2. The fourth-order valence-corrected chi connectivity index (χ4v) is 5.50. The maximum absolute atomic E-state index is 13.6. The molecule has 0 bridgehead atoms. The van der Waals surface area contributed by atoms with E-state index >= 15 is 0 Å². The third-order valence-corrected chi connectivity index (χ3v) is 7.65. The van der Waals surface area contributed by atoms with E-state index < -0.39 is 11.2 Å². The van der Waals surface area contributed by atoms with Gasteiger partial charge >= 0.3 is 0 Å². The number of nitriles is 1. The first-order valence-electron chi connectivity index (χ1n) is 10.8. The van der Waals surface area contributed by atoms with Crippen molar-refractivity contribution in [2.24, 2.45) is 0 Å². The van der Waals surface area contributed by atoms with Gasteiger partial charge in [0.2, 0.25) is 5.91 Å². The Labute approximate surface area is 218 Å². The fraction of sp³-hybridized carbons (Fsp3) is 0.148. The molecule has 1 atom stereocenters. The number of thioether (sulfide) groups is 1. The van der Waals surface area contributed by atoms with Crippen LogP contribution in [0.15, 0.2) is 77.3 Å². The fourth-order valence-electron chi connectivity index (χ4n) is 3.87. The van der Waals surface area contributed by atoms with Crippen LogP contribution in [-0.2, 0) is 16.0 Å². The van der Waals surface area contributed by atoms with Crippen molar-refractivity contribution in [2.75, 3.05) is 10.2 Å². The Hall–Kier alpha value is -3.24. The van der Waals surface area contributed by atoms with Crippen LogP contribution in [0.2, 0.25) is 10.0 Å². The molecule has 0 unspecified atom stereocenters. The van der Waals surface area contributed by atoms with Crippen molar-refractivity contribution < 1.29 is 9.59 Å². The average molecular weight is 522 g/mol. The quantitative estimate of drug-likeness (QED) is 0.300. The summed E-state index contributed by atoms with van der Waals surface area (Å²) in [4.78, 5) is 28.3. The first kappa shape index (κ1) is 24.9. The zero-order valence-corrected chi connectivity index (χ0v) is 21.3. The third-order valence-electron chi connectivity index (χ3n) is 5.64. The van der Waals surface area contributed by atoms with Gasteiger partial charge in [-0.3, -0.25) is 14.5 Å². The molecule has 0 aliphatic carbocycles. The van der Waals surface area contributed by atoms with Gasteiger partial charge in [0.1, 0.15) is 16.7 Å². The van der Waals surface area contributed by atoms with Crippen LogP contribution >= 0.6 is 35.0 Å². The molecule has 3 aromatic carbocycles. The molecule has 3 aromatic rings. The van der Waals surface area contributed by atoms with Gasteiger partial charge in [0.25, 0.3) is 5.91 Å². The van der Waals surface area contributed by atoms with Crippen LogP contribution in [0.3, 0.4) is 0 Å². The number of carbonyl (C=O) groups excluding carboxylic acids is 2. The summed E-state index contributed by atoms with van der Waals surface area (Å²) in [5, 5.41) is 13.5. The van der Waals surface area contributed by atoms with E-state index in [1.54, 1.807) is 36.4 Å². The van der Waals surface area contributed by atoms with Gasteiger partial charge in [-0.2, -0.15) is 5.26 Å². The molecule has 35 heavy (non-hydrogen) atoms. The Kier molecular flexibility index (Phi) is 7.51. The highest BCUT2D eigenvalue weighted by Gasteiger charge is 2.40. The number of nitrogens with zero attached hydrogens (tertiary/aromatic N) is 2. The predicted octanol–water partition coefficient (Wildman–Crippen LogP) is 6.68. The van der Waals surface area contributed by atoms with Gasteiger partial charge in [0, 0.05) is 11.4 Å². The lowest BCUT2D eigenvalue weighted by atomic mass is 10.1. The number of anilines is 2. The summed E-state index contributed by atoms with van der Waals surface area (Å²) < 4.78 is 0. The van der Waals surface area contributed by atoms with Gasteiger partial charge in [-0.15, -0.1) is 0 Å². The lowest BCUT2D eigenvalue weighted by Crippen LogP contribution is -2.31. The molecule has 1 heterocycles.